The van der Waals surface area contributed by atoms with E-state index in [0.29, 0.717) is 6.54 Å². The number of hydrogen-bond donors (Lipinski definition) is 2. The first-order chi connectivity index (χ1) is 8.87. The molecule has 0 saturated carbocycles. The van der Waals surface area contributed by atoms with Gasteiger partial charge in [-0.05, 0) is 36.9 Å². The number of methoxy groups -OCH3 is 2. The molecular weight excluding hydrogens is 240 g/mol. The van der Waals surface area contributed by atoms with Crippen LogP contribution in [0.5, 0.6) is 11.5 Å². The van der Waals surface area contributed by atoms with E-state index >= 15 is 0 Å². The highest BCUT2D eigenvalue weighted by Crippen LogP contribution is 2.41. The molecule has 1 aromatic carbocycles. The van der Waals surface area contributed by atoms with E-state index in [-0.39, 0.29) is 11.5 Å². The third kappa shape index (κ3) is 3.39. The van der Waals surface area contributed by atoms with Crippen LogP contribution in [0.15, 0.2) is 12.1 Å². The van der Waals surface area contributed by atoms with Crippen LogP contribution in [0.1, 0.15) is 37.4 Å². The molecule has 1 rings (SSSR count). The van der Waals surface area contributed by atoms with Gasteiger partial charge in [0.2, 0.25) is 0 Å². The number of aryl methyl sites for hydroxylation is 1. The quantitative estimate of drug-likeness (QED) is 0.829. The summed E-state index contributed by atoms with van der Waals surface area (Å²) < 4.78 is 10.7. The molecule has 0 heterocycles. The zero-order chi connectivity index (χ0) is 14.6. The van der Waals surface area contributed by atoms with E-state index in [1.807, 2.05) is 19.1 Å². The highest BCUT2D eigenvalue weighted by atomic mass is 16.5. The van der Waals surface area contributed by atoms with Crippen LogP contribution in [0, 0.1) is 12.3 Å². The Hall–Kier alpha value is -1.26. The fraction of sp³-hybridized carbons (Fsp3) is 0.600. The molecule has 0 radical (unpaired) electrons. The molecule has 108 valence electrons. The Bertz CT molecular complexity index is 430. The lowest BCUT2D eigenvalue weighted by molar-refractivity contribution is 0.263. The summed E-state index contributed by atoms with van der Waals surface area (Å²) in [6.07, 6.45) is 0.864. The fourth-order valence-corrected chi connectivity index (χ4v) is 2.34. The van der Waals surface area contributed by atoms with Gasteiger partial charge in [0.25, 0.3) is 0 Å². The van der Waals surface area contributed by atoms with Gasteiger partial charge in [-0.1, -0.05) is 13.8 Å². The van der Waals surface area contributed by atoms with Crippen molar-refractivity contribution < 1.29 is 9.47 Å². The molecule has 4 nitrogen and oxygen atoms in total. The molecule has 0 aliphatic carbocycles. The molecule has 19 heavy (non-hydrogen) atoms. The van der Waals surface area contributed by atoms with Gasteiger partial charge in [0.15, 0.2) is 0 Å². The normalized spacial score (nSPS) is 13.2. The number of ether oxygens (including phenoxy) is 2. The minimum Gasteiger partial charge on any atom is -0.497 e. The third-order valence-electron chi connectivity index (χ3n) is 3.72. The van der Waals surface area contributed by atoms with Crippen LogP contribution in [-0.2, 0) is 0 Å². The molecule has 0 fully saturated rings. The lowest BCUT2D eigenvalue weighted by Crippen LogP contribution is -2.32. The first-order valence-corrected chi connectivity index (χ1v) is 6.55. The van der Waals surface area contributed by atoms with Gasteiger partial charge in [-0.15, -0.1) is 0 Å². The van der Waals surface area contributed by atoms with Gasteiger partial charge >= 0.3 is 0 Å². The van der Waals surface area contributed by atoms with E-state index in [4.69, 9.17) is 20.9 Å². The minimum atomic E-state index is -0.128. The highest BCUT2D eigenvalue weighted by molar-refractivity contribution is 5.48. The molecule has 0 aliphatic heterocycles. The van der Waals surface area contributed by atoms with Crippen LogP contribution in [0.3, 0.4) is 0 Å². The number of rotatable bonds is 6. The zero-order valence-electron chi connectivity index (χ0n) is 12.6. The predicted molar refractivity (Wildman–Crippen MR) is 78.7 cm³/mol. The second-order valence-electron chi connectivity index (χ2n) is 5.57. The van der Waals surface area contributed by atoms with Gasteiger partial charge in [0, 0.05) is 17.7 Å². The van der Waals surface area contributed by atoms with E-state index in [1.165, 1.54) is 0 Å². The number of hydrogen-bond acceptors (Lipinski definition) is 4. The largest absolute Gasteiger partial charge is 0.497 e. The summed E-state index contributed by atoms with van der Waals surface area (Å²) in [5, 5.41) is 0. The summed E-state index contributed by atoms with van der Waals surface area (Å²) in [7, 11) is 3.30. The van der Waals surface area contributed by atoms with Crippen molar-refractivity contribution in [2.75, 3.05) is 20.8 Å². The van der Waals surface area contributed by atoms with Crippen molar-refractivity contribution in [3.05, 3.63) is 23.3 Å². The van der Waals surface area contributed by atoms with Crippen LogP contribution in [0.2, 0.25) is 0 Å². The fourth-order valence-electron chi connectivity index (χ4n) is 2.34. The van der Waals surface area contributed by atoms with Crippen molar-refractivity contribution in [2.45, 2.75) is 33.2 Å². The molecule has 4 heteroatoms. The molecule has 0 amide bonds. The van der Waals surface area contributed by atoms with Crippen LogP contribution >= 0.6 is 0 Å². The van der Waals surface area contributed by atoms with Gasteiger partial charge < -0.3 is 20.9 Å². The Morgan fingerprint density at radius 1 is 1.21 bits per heavy atom. The average molecular weight is 266 g/mol. The van der Waals surface area contributed by atoms with Crippen molar-refractivity contribution in [1.82, 2.24) is 0 Å². The molecule has 4 N–H and O–H groups in total. The molecule has 0 saturated heterocycles. The lowest BCUT2D eigenvalue weighted by atomic mass is 9.77. The van der Waals surface area contributed by atoms with Crippen LogP contribution in [0.25, 0.3) is 0 Å². The Balaban J connectivity index is 3.25. The summed E-state index contributed by atoms with van der Waals surface area (Å²) >= 11 is 0. The predicted octanol–water partition coefficient (Wildman–Crippen LogP) is 2.39. The van der Waals surface area contributed by atoms with Gasteiger partial charge in [0.1, 0.15) is 11.5 Å². The Morgan fingerprint density at radius 2 is 1.84 bits per heavy atom. The average Bonchev–Trinajstić information content (AvgIpc) is 2.36. The van der Waals surface area contributed by atoms with E-state index in [2.05, 4.69) is 13.8 Å². The van der Waals surface area contributed by atoms with E-state index in [0.717, 1.165) is 29.0 Å². The smallest absolute Gasteiger partial charge is 0.127 e. The minimum absolute atomic E-state index is 0.0820. The van der Waals surface area contributed by atoms with E-state index in [1.54, 1.807) is 14.2 Å². The first kappa shape index (κ1) is 15.8. The monoisotopic (exact) mass is 266 g/mol. The third-order valence-corrected chi connectivity index (χ3v) is 3.72. The Labute approximate surface area is 116 Å². The Morgan fingerprint density at radius 3 is 2.32 bits per heavy atom. The van der Waals surface area contributed by atoms with Crippen molar-refractivity contribution in [3.63, 3.8) is 0 Å². The second kappa shape index (κ2) is 6.26. The summed E-state index contributed by atoms with van der Waals surface area (Å²) in [6, 6.07) is 3.73. The van der Waals surface area contributed by atoms with Crippen molar-refractivity contribution in [3.8, 4) is 11.5 Å². The van der Waals surface area contributed by atoms with E-state index < -0.39 is 0 Å². The standard InChI is InChI=1S/C15H26N2O2/c1-10-8-11(18-4)9-12(19-5)13(10)14(17)15(2,3)6-7-16/h8-9,14H,6-7,16-17H2,1-5H3. The Kier molecular flexibility index (Phi) is 5.20. The summed E-state index contributed by atoms with van der Waals surface area (Å²) in [4.78, 5) is 0. The molecule has 1 aromatic rings. The maximum absolute atomic E-state index is 6.45. The number of benzene rings is 1. The number of nitrogens with two attached hydrogens (primary N) is 2. The van der Waals surface area contributed by atoms with Crippen molar-refractivity contribution in [2.24, 2.45) is 16.9 Å². The van der Waals surface area contributed by atoms with Crippen LogP contribution in [-0.4, -0.2) is 20.8 Å². The summed E-state index contributed by atoms with van der Waals surface area (Å²) in [5.41, 5.74) is 14.2. The second-order valence-corrected chi connectivity index (χ2v) is 5.57. The summed E-state index contributed by atoms with van der Waals surface area (Å²) in [5.74, 6) is 1.55. The van der Waals surface area contributed by atoms with Gasteiger partial charge in [0.05, 0.1) is 14.2 Å². The van der Waals surface area contributed by atoms with Crippen LogP contribution < -0.4 is 20.9 Å². The maximum Gasteiger partial charge on any atom is 0.127 e. The highest BCUT2D eigenvalue weighted by Gasteiger charge is 2.30. The molecule has 0 aromatic heterocycles. The van der Waals surface area contributed by atoms with Crippen LogP contribution in [0.4, 0.5) is 0 Å². The molecule has 0 bridgehead atoms. The summed E-state index contributed by atoms with van der Waals surface area (Å²) in [6.45, 7) is 6.91. The molecular formula is C15H26N2O2. The molecule has 0 spiro atoms. The maximum atomic E-state index is 6.45. The first-order valence-electron chi connectivity index (χ1n) is 6.55. The molecule has 1 unspecified atom stereocenters. The topological polar surface area (TPSA) is 70.5 Å². The van der Waals surface area contributed by atoms with Crippen molar-refractivity contribution >= 4 is 0 Å². The lowest BCUT2D eigenvalue weighted by Gasteiger charge is -2.33. The molecule has 1 atom stereocenters. The molecule has 0 aliphatic rings. The van der Waals surface area contributed by atoms with Gasteiger partial charge in [-0.2, -0.15) is 0 Å². The van der Waals surface area contributed by atoms with Gasteiger partial charge in [-0.25, -0.2) is 0 Å². The van der Waals surface area contributed by atoms with Gasteiger partial charge in [-0.3, -0.25) is 0 Å². The van der Waals surface area contributed by atoms with E-state index in [9.17, 15) is 0 Å². The zero-order valence-corrected chi connectivity index (χ0v) is 12.6. The van der Waals surface area contributed by atoms with Crippen molar-refractivity contribution in [1.29, 1.82) is 0 Å². The SMILES string of the molecule is COc1cc(C)c(C(N)C(C)(C)CCN)c(OC)c1.